The predicted octanol–water partition coefficient (Wildman–Crippen LogP) is 2.73. The molecule has 2 rings (SSSR count). The molecular formula is C14H23NO2. The number of aliphatic hydroxyl groups is 1. The second-order valence-electron chi connectivity index (χ2n) is 5.13. The van der Waals surface area contributed by atoms with E-state index < -0.39 is 0 Å². The van der Waals surface area contributed by atoms with Crippen molar-refractivity contribution in [2.45, 2.75) is 38.6 Å². The average Bonchev–Trinajstić information content (AvgIpc) is 2.90. The molecule has 1 aromatic rings. The number of furan rings is 1. The van der Waals surface area contributed by atoms with Gasteiger partial charge in [-0.1, -0.05) is 12.8 Å². The van der Waals surface area contributed by atoms with Gasteiger partial charge in [-0.2, -0.15) is 0 Å². The van der Waals surface area contributed by atoms with Gasteiger partial charge in [-0.05, 0) is 50.3 Å². The van der Waals surface area contributed by atoms with Crippen molar-refractivity contribution in [3.8, 4) is 0 Å². The van der Waals surface area contributed by atoms with Gasteiger partial charge in [-0.25, -0.2) is 0 Å². The minimum atomic E-state index is 0.256. The molecule has 3 heteroatoms. The molecule has 2 N–H and O–H groups in total. The zero-order chi connectivity index (χ0) is 12.1. The van der Waals surface area contributed by atoms with Gasteiger partial charge in [0.1, 0.15) is 5.76 Å². The van der Waals surface area contributed by atoms with Crippen LogP contribution in [0.2, 0.25) is 0 Å². The van der Waals surface area contributed by atoms with Crippen molar-refractivity contribution < 1.29 is 9.52 Å². The SMILES string of the molecule is CC(NCC1CCCCC1CO)c1ccco1. The molecule has 3 unspecified atom stereocenters. The van der Waals surface area contributed by atoms with Crippen LogP contribution in [0.3, 0.4) is 0 Å². The molecule has 0 radical (unpaired) electrons. The van der Waals surface area contributed by atoms with Crippen LogP contribution in [0.5, 0.6) is 0 Å². The van der Waals surface area contributed by atoms with Crippen LogP contribution in [-0.2, 0) is 0 Å². The van der Waals surface area contributed by atoms with E-state index in [1.54, 1.807) is 6.26 Å². The summed E-state index contributed by atoms with van der Waals surface area (Å²) in [7, 11) is 0. The van der Waals surface area contributed by atoms with Gasteiger partial charge in [0.25, 0.3) is 0 Å². The minimum absolute atomic E-state index is 0.256. The molecule has 1 aromatic heterocycles. The molecule has 96 valence electrons. The summed E-state index contributed by atoms with van der Waals surface area (Å²) in [5.41, 5.74) is 0. The number of aliphatic hydroxyl groups excluding tert-OH is 1. The highest BCUT2D eigenvalue weighted by molar-refractivity contribution is 5.03. The van der Waals surface area contributed by atoms with Crippen LogP contribution < -0.4 is 5.32 Å². The van der Waals surface area contributed by atoms with Crippen LogP contribution in [-0.4, -0.2) is 18.3 Å². The van der Waals surface area contributed by atoms with Gasteiger partial charge in [-0.15, -0.1) is 0 Å². The summed E-state index contributed by atoms with van der Waals surface area (Å²) in [6.45, 7) is 3.43. The van der Waals surface area contributed by atoms with Gasteiger partial charge in [0.2, 0.25) is 0 Å². The molecule has 0 spiro atoms. The lowest BCUT2D eigenvalue weighted by Crippen LogP contribution is -2.33. The first-order valence-electron chi connectivity index (χ1n) is 6.69. The molecular weight excluding hydrogens is 214 g/mol. The van der Waals surface area contributed by atoms with Crippen molar-refractivity contribution in [1.29, 1.82) is 0 Å². The number of hydrogen-bond donors (Lipinski definition) is 2. The fourth-order valence-corrected chi connectivity index (χ4v) is 2.76. The summed E-state index contributed by atoms with van der Waals surface area (Å²) in [6.07, 6.45) is 6.71. The highest BCUT2D eigenvalue weighted by Gasteiger charge is 2.24. The van der Waals surface area contributed by atoms with Gasteiger partial charge < -0.3 is 14.8 Å². The minimum Gasteiger partial charge on any atom is -0.468 e. The van der Waals surface area contributed by atoms with Gasteiger partial charge in [0.15, 0.2) is 0 Å². The monoisotopic (exact) mass is 237 g/mol. The third kappa shape index (κ3) is 3.33. The Morgan fingerprint density at radius 2 is 2.18 bits per heavy atom. The quantitative estimate of drug-likeness (QED) is 0.827. The summed E-state index contributed by atoms with van der Waals surface area (Å²) in [4.78, 5) is 0. The maximum atomic E-state index is 9.36. The zero-order valence-corrected chi connectivity index (χ0v) is 10.6. The standard InChI is InChI=1S/C14H23NO2/c1-11(14-7-4-8-17-14)15-9-12-5-2-3-6-13(12)10-16/h4,7-8,11-13,15-16H,2-3,5-6,9-10H2,1H3. The Morgan fingerprint density at radius 1 is 1.41 bits per heavy atom. The van der Waals surface area contributed by atoms with Crippen LogP contribution in [0.1, 0.15) is 44.4 Å². The Hall–Kier alpha value is -0.800. The molecule has 1 heterocycles. The Morgan fingerprint density at radius 3 is 2.82 bits per heavy atom. The van der Waals surface area contributed by atoms with E-state index in [1.807, 2.05) is 12.1 Å². The molecule has 3 nitrogen and oxygen atoms in total. The van der Waals surface area contributed by atoms with Crippen LogP contribution in [0.4, 0.5) is 0 Å². The van der Waals surface area contributed by atoms with E-state index in [2.05, 4.69) is 12.2 Å². The van der Waals surface area contributed by atoms with Crippen molar-refractivity contribution in [2.75, 3.05) is 13.2 Å². The Labute approximate surface area is 103 Å². The van der Waals surface area contributed by atoms with Crippen LogP contribution in [0, 0.1) is 11.8 Å². The second kappa shape index (κ2) is 6.22. The van der Waals surface area contributed by atoms with Gasteiger partial charge in [0.05, 0.1) is 12.3 Å². The molecule has 0 aromatic carbocycles. The van der Waals surface area contributed by atoms with E-state index in [1.165, 1.54) is 25.7 Å². The summed E-state index contributed by atoms with van der Waals surface area (Å²) in [5.74, 6) is 2.09. The van der Waals surface area contributed by atoms with Crippen molar-refractivity contribution >= 4 is 0 Å². The summed E-state index contributed by atoms with van der Waals surface area (Å²) in [6, 6.07) is 4.18. The molecule has 0 amide bonds. The first-order chi connectivity index (χ1) is 8.31. The first-order valence-corrected chi connectivity index (χ1v) is 6.69. The van der Waals surface area contributed by atoms with Crippen molar-refractivity contribution in [1.82, 2.24) is 5.32 Å². The lowest BCUT2D eigenvalue weighted by molar-refractivity contribution is 0.131. The Balaban J connectivity index is 1.80. The zero-order valence-electron chi connectivity index (χ0n) is 10.6. The topological polar surface area (TPSA) is 45.4 Å². The third-order valence-electron chi connectivity index (χ3n) is 3.96. The maximum absolute atomic E-state index is 9.36. The van der Waals surface area contributed by atoms with Crippen LogP contribution in [0.15, 0.2) is 22.8 Å². The molecule has 1 aliphatic rings. The lowest BCUT2D eigenvalue weighted by Gasteiger charge is -2.31. The summed E-state index contributed by atoms with van der Waals surface area (Å²) in [5, 5.41) is 12.9. The number of rotatable bonds is 5. The average molecular weight is 237 g/mol. The van der Waals surface area contributed by atoms with E-state index in [0.717, 1.165) is 12.3 Å². The van der Waals surface area contributed by atoms with Crippen molar-refractivity contribution in [3.63, 3.8) is 0 Å². The van der Waals surface area contributed by atoms with E-state index in [-0.39, 0.29) is 6.04 Å². The largest absolute Gasteiger partial charge is 0.468 e. The fraction of sp³-hybridized carbons (Fsp3) is 0.714. The molecule has 0 bridgehead atoms. The van der Waals surface area contributed by atoms with E-state index in [9.17, 15) is 5.11 Å². The lowest BCUT2D eigenvalue weighted by atomic mass is 9.79. The van der Waals surface area contributed by atoms with Gasteiger partial charge in [-0.3, -0.25) is 0 Å². The third-order valence-corrected chi connectivity index (χ3v) is 3.96. The Kier molecular flexibility index (Phi) is 4.63. The van der Waals surface area contributed by atoms with Gasteiger partial charge in [0, 0.05) is 6.61 Å². The van der Waals surface area contributed by atoms with Crippen LogP contribution >= 0.6 is 0 Å². The molecule has 0 aliphatic heterocycles. The van der Waals surface area contributed by atoms with E-state index >= 15 is 0 Å². The summed E-state index contributed by atoms with van der Waals surface area (Å²) >= 11 is 0. The van der Waals surface area contributed by atoms with Crippen molar-refractivity contribution in [2.24, 2.45) is 11.8 Å². The van der Waals surface area contributed by atoms with Crippen LogP contribution in [0.25, 0.3) is 0 Å². The summed E-state index contributed by atoms with van der Waals surface area (Å²) < 4.78 is 5.38. The highest BCUT2D eigenvalue weighted by atomic mass is 16.3. The number of hydrogen-bond acceptors (Lipinski definition) is 3. The first kappa shape index (κ1) is 12.7. The predicted molar refractivity (Wildman–Crippen MR) is 67.7 cm³/mol. The van der Waals surface area contributed by atoms with E-state index in [4.69, 9.17) is 4.42 Å². The highest BCUT2D eigenvalue weighted by Crippen LogP contribution is 2.29. The van der Waals surface area contributed by atoms with Crippen molar-refractivity contribution in [3.05, 3.63) is 24.2 Å². The van der Waals surface area contributed by atoms with E-state index in [0.29, 0.717) is 18.4 Å². The maximum Gasteiger partial charge on any atom is 0.120 e. The second-order valence-corrected chi connectivity index (χ2v) is 5.13. The molecule has 1 saturated carbocycles. The molecule has 3 atom stereocenters. The molecule has 1 aliphatic carbocycles. The number of nitrogens with one attached hydrogen (secondary N) is 1. The smallest absolute Gasteiger partial charge is 0.120 e. The molecule has 0 saturated heterocycles. The normalized spacial score (nSPS) is 26.9. The molecule has 17 heavy (non-hydrogen) atoms. The molecule has 1 fully saturated rings. The van der Waals surface area contributed by atoms with Gasteiger partial charge >= 0.3 is 0 Å². The Bertz CT molecular complexity index is 310. The fourth-order valence-electron chi connectivity index (χ4n) is 2.76.